The van der Waals surface area contributed by atoms with Crippen LogP contribution in [0.4, 0.5) is 0 Å². The van der Waals surface area contributed by atoms with Crippen LogP contribution in [0.3, 0.4) is 0 Å². The van der Waals surface area contributed by atoms with Crippen LogP contribution in [-0.2, 0) is 23.9 Å². The molecule has 0 saturated carbocycles. The summed E-state index contributed by atoms with van der Waals surface area (Å²) in [5.41, 5.74) is 4.86. The minimum absolute atomic E-state index is 0.128. The Morgan fingerprint density at radius 3 is 1.58 bits per heavy atom. The van der Waals surface area contributed by atoms with Crippen molar-refractivity contribution in [3.63, 3.8) is 0 Å². The number of hydrogen-bond donors (Lipinski definition) is 0. The third kappa shape index (κ3) is 30.7. The van der Waals surface area contributed by atoms with Gasteiger partial charge in [0.15, 0.2) is 5.78 Å². The van der Waals surface area contributed by atoms with Crippen LogP contribution in [0.5, 0.6) is 0 Å². The Morgan fingerprint density at radius 2 is 1.08 bits per heavy atom. The number of esters is 1. The molecule has 0 fully saturated rings. The Hall–Kier alpha value is -3.34. The van der Waals surface area contributed by atoms with Gasteiger partial charge in [0.1, 0.15) is 18.3 Å². The van der Waals surface area contributed by atoms with Crippen LogP contribution in [0.15, 0.2) is 83.1 Å². The number of ketones is 3. The first-order valence-corrected chi connectivity index (χ1v) is 26.4. The molecule has 0 aromatic rings. The third-order valence-electron chi connectivity index (χ3n) is 12.8. The lowest BCUT2D eigenvalue weighted by atomic mass is 9.72. The van der Waals surface area contributed by atoms with E-state index >= 15 is 0 Å². The maximum Gasteiger partial charge on any atom is 0.331 e. The first-order valence-electron chi connectivity index (χ1n) is 26.4. The Labute approximate surface area is 394 Å². The molecule has 0 amide bonds. The summed E-state index contributed by atoms with van der Waals surface area (Å²) in [6.45, 7) is 14.8. The highest BCUT2D eigenvalue weighted by Gasteiger charge is 2.32. The lowest BCUT2D eigenvalue weighted by Gasteiger charge is -2.32. The van der Waals surface area contributed by atoms with Crippen molar-refractivity contribution in [2.75, 3.05) is 6.61 Å². The zero-order valence-corrected chi connectivity index (χ0v) is 42.5. The molecule has 0 aliphatic heterocycles. The summed E-state index contributed by atoms with van der Waals surface area (Å²) >= 11 is 0. The minimum Gasteiger partial charge on any atom is -0.461 e. The molecule has 0 saturated heterocycles. The number of Topliss-reactive ketones (excluding diaryl/α,β-unsaturated/α-hetero) is 3. The van der Waals surface area contributed by atoms with Gasteiger partial charge in [0.05, 0.1) is 0 Å². The number of hydrogen-bond acceptors (Lipinski definition) is 5. The lowest BCUT2D eigenvalue weighted by Crippen LogP contribution is -2.34. The predicted molar refractivity (Wildman–Crippen MR) is 274 cm³/mol. The molecular weight excluding hydrogens is 789 g/mol. The highest BCUT2D eigenvalue weighted by Crippen LogP contribution is 2.40. The van der Waals surface area contributed by atoms with Gasteiger partial charge in [0, 0.05) is 18.9 Å². The van der Waals surface area contributed by atoms with Gasteiger partial charge >= 0.3 is 5.97 Å². The van der Waals surface area contributed by atoms with Gasteiger partial charge in [-0.3, -0.25) is 14.4 Å². The molecule has 1 rings (SSSR count). The number of carbonyl (C=O) groups is 4. The van der Waals surface area contributed by atoms with Gasteiger partial charge in [-0.1, -0.05) is 196 Å². The van der Waals surface area contributed by atoms with Crippen LogP contribution >= 0.6 is 0 Å². The van der Waals surface area contributed by atoms with E-state index in [-0.39, 0.29) is 24.0 Å². The molecule has 5 nitrogen and oxygen atoms in total. The van der Waals surface area contributed by atoms with Crippen molar-refractivity contribution in [3.05, 3.63) is 83.1 Å². The fourth-order valence-electron chi connectivity index (χ4n) is 8.61. The number of unbranched alkanes of at least 4 members (excludes halogenated alkanes) is 22. The van der Waals surface area contributed by atoms with Gasteiger partial charge in [0.25, 0.3) is 0 Å². The SMILES string of the molecule is CCCCCCCC/C=C\CCCCCCCC(=O)C(=O)[C@@H](COC(=O)C=C(C)C=CC=C(C)C=CC1=C(C)CCCC1(C)C)C(=O)CCCCCCC/C=C\CCCCCCCC. The molecule has 1 aliphatic rings. The number of allylic oxidation sites excluding steroid dienone is 13. The summed E-state index contributed by atoms with van der Waals surface area (Å²) < 4.78 is 5.50. The normalized spacial score (nSPS) is 15.4. The van der Waals surface area contributed by atoms with E-state index < -0.39 is 30.1 Å². The minimum atomic E-state index is -1.24. The maximum atomic E-state index is 13.5. The second kappa shape index (κ2) is 38.9. The Morgan fingerprint density at radius 1 is 0.609 bits per heavy atom. The van der Waals surface area contributed by atoms with Crippen molar-refractivity contribution in [3.8, 4) is 0 Å². The van der Waals surface area contributed by atoms with Gasteiger partial charge in [0.2, 0.25) is 5.78 Å². The average molecular weight is 885 g/mol. The number of rotatable bonds is 40. The first kappa shape index (κ1) is 58.7. The van der Waals surface area contributed by atoms with Crippen LogP contribution in [0.25, 0.3) is 0 Å². The van der Waals surface area contributed by atoms with E-state index in [0.717, 1.165) is 76.2 Å². The van der Waals surface area contributed by atoms with Crippen LogP contribution in [0.2, 0.25) is 0 Å². The molecule has 0 N–H and O–H groups in total. The van der Waals surface area contributed by atoms with E-state index in [4.69, 9.17) is 4.74 Å². The van der Waals surface area contributed by atoms with Gasteiger partial charge in [-0.15, -0.1) is 0 Å². The molecule has 1 atom stereocenters. The van der Waals surface area contributed by atoms with Gasteiger partial charge in [-0.2, -0.15) is 0 Å². The largest absolute Gasteiger partial charge is 0.461 e. The fraction of sp³-hybridized carbons (Fsp3) is 0.695. The second-order valence-corrected chi connectivity index (χ2v) is 19.5. The smallest absolute Gasteiger partial charge is 0.331 e. The molecular formula is C59H96O5. The van der Waals surface area contributed by atoms with Crippen LogP contribution in [0, 0.1) is 11.3 Å². The molecule has 362 valence electrons. The Bertz CT molecular complexity index is 1510. The van der Waals surface area contributed by atoms with E-state index in [1.807, 2.05) is 25.2 Å². The van der Waals surface area contributed by atoms with Crippen molar-refractivity contribution >= 4 is 23.3 Å². The second-order valence-electron chi connectivity index (χ2n) is 19.5. The molecule has 0 aromatic carbocycles. The fourth-order valence-corrected chi connectivity index (χ4v) is 8.61. The molecule has 5 heteroatoms. The van der Waals surface area contributed by atoms with Gasteiger partial charge < -0.3 is 4.74 Å². The summed E-state index contributed by atoms with van der Waals surface area (Å²) in [6.07, 6.45) is 54.7. The van der Waals surface area contributed by atoms with E-state index in [0.29, 0.717) is 18.4 Å². The van der Waals surface area contributed by atoms with Crippen molar-refractivity contribution in [2.45, 2.75) is 248 Å². The molecule has 0 unspecified atom stereocenters. The van der Waals surface area contributed by atoms with Gasteiger partial charge in [-0.25, -0.2) is 4.79 Å². The zero-order chi connectivity index (χ0) is 47.1. The van der Waals surface area contributed by atoms with E-state index in [1.54, 1.807) is 0 Å². The zero-order valence-electron chi connectivity index (χ0n) is 42.5. The summed E-state index contributed by atoms with van der Waals surface area (Å²) in [6, 6.07) is 0. The van der Waals surface area contributed by atoms with E-state index in [2.05, 4.69) is 78.0 Å². The molecule has 0 spiro atoms. The first-order chi connectivity index (χ1) is 30.9. The molecule has 0 bridgehead atoms. The third-order valence-corrected chi connectivity index (χ3v) is 12.8. The summed E-state index contributed by atoms with van der Waals surface area (Å²) in [4.78, 5) is 52.9. The summed E-state index contributed by atoms with van der Waals surface area (Å²) in [5, 5.41) is 0. The van der Waals surface area contributed by atoms with Crippen LogP contribution in [-0.4, -0.2) is 29.9 Å². The summed E-state index contributed by atoms with van der Waals surface area (Å²) in [5.74, 6) is -3.41. The molecule has 1 aliphatic carbocycles. The van der Waals surface area contributed by atoms with Crippen molar-refractivity contribution in [1.82, 2.24) is 0 Å². The molecule has 64 heavy (non-hydrogen) atoms. The Kier molecular flexibility index (Phi) is 35.7. The van der Waals surface area contributed by atoms with Crippen LogP contribution < -0.4 is 0 Å². The molecule has 0 aromatic heterocycles. The van der Waals surface area contributed by atoms with Crippen molar-refractivity contribution in [1.29, 1.82) is 0 Å². The van der Waals surface area contributed by atoms with Crippen molar-refractivity contribution < 1.29 is 23.9 Å². The quantitative estimate of drug-likeness (QED) is 0.0117. The van der Waals surface area contributed by atoms with E-state index in [9.17, 15) is 19.2 Å². The summed E-state index contributed by atoms with van der Waals surface area (Å²) in [7, 11) is 0. The van der Waals surface area contributed by atoms with E-state index in [1.165, 1.54) is 120 Å². The average Bonchev–Trinajstić information content (AvgIpc) is 3.25. The topological polar surface area (TPSA) is 77.5 Å². The predicted octanol–water partition coefficient (Wildman–Crippen LogP) is 17.5. The maximum absolute atomic E-state index is 13.5. The van der Waals surface area contributed by atoms with Gasteiger partial charge in [-0.05, 0) is 121 Å². The number of carbonyl (C=O) groups excluding carboxylic acids is 4. The standard InChI is InChI=1S/C59H96O5/c1-8-10-12-14-16-18-20-22-24-26-28-30-32-34-36-43-55(60)53(58(63)56(61)44-37-35-33-31-29-27-25-23-21-19-17-15-13-11-9-2)49-64-57(62)48-51(4)41-38-40-50(3)45-46-54-52(5)42-39-47-59(54,6)7/h22-25,38,40-41,45-46,48,53H,8-21,26-37,39,42-44,47,49H2,1-7H3/b24-22-,25-23-,41-38?,46-45?,50-40?,51-48?/t53-/m0/s1. The highest BCUT2D eigenvalue weighted by molar-refractivity contribution is 6.41. The monoisotopic (exact) mass is 885 g/mol. The van der Waals surface area contributed by atoms with Crippen molar-refractivity contribution in [2.24, 2.45) is 11.3 Å². The highest BCUT2D eigenvalue weighted by atomic mass is 16.5. The molecule has 0 radical (unpaired) electrons. The van der Waals surface area contributed by atoms with Crippen LogP contribution in [0.1, 0.15) is 248 Å². The molecule has 0 heterocycles. The Balaban J connectivity index is 2.65. The number of ether oxygens (including phenoxy) is 1. The lowest BCUT2D eigenvalue weighted by molar-refractivity contribution is -0.148.